The van der Waals surface area contributed by atoms with Crippen molar-refractivity contribution in [1.82, 2.24) is 9.13 Å². The van der Waals surface area contributed by atoms with Gasteiger partial charge in [0.15, 0.2) is 0 Å². The van der Waals surface area contributed by atoms with Gasteiger partial charge in [-0.1, -0.05) is 109 Å². The first-order chi connectivity index (χ1) is 25.8. The first-order valence-corrected chi connectivity index (χ1v) is 18.5. The molecule has 0 spiro atoms. The normalized spacial score (nSPS) is 12.2. The highest BCUT2D eigenvalue weighted by Gasteiger charge is 2.20. The van der Waals surface area contributed by atoms with Crippen LogP contribution in [-0.2, 0) is 0 Å². The van der Waals surface area contributed by atoms with E-state index in [1.165, 1.54) is 63.8 Å². The van der Waals surface area contributed by atoms with Crippen LogP contribution >= 0.6 is 11.3 Å². The van der Waals surface area contributed by atoms with Gasteiger partial charge in [-0.15, -0.1) is 11.3 Å². The van der Waals surface area contributed by atoms with Crippen molar-refractivity contribution in [1.29, 1.82) is 0 Å². The average molecular weight is 681 g/mol. The van der Waals surface area contributed by atoms with E-state index in [0.29, 0.717) is 0 Å². The summed E-state index contributed by atoms with van der Waals surface area (Å²) in [5.41, 5.74) is 11.1. The zero-order valence-electron chi connectivity index (χ0n) is 27.9. The van der Waals surface area contributed by atoms with Gasteiger partial charge in [0.2, 0.25) is 0 Å². The van der Waals surface area contributed by atoms with E-state index in [0.717, 1.165) is 44.4 Å². The van der Waals surface area contributed by atoms with E-state index in [9.17, 15) is 0 Å². The highest BCUT2D eigenvalue weighted by molar-refractivity contribution is 7.26. The lowest BCUT2D eigenvalue weighted by Gasteiger charge is -2.12. The molecule has 0 unspecified atom stereocenters. The minimum Gasteiger partial charge on any atom is -0.455 e. The quantitative estimate of drug-likeness (QED) is 0.182. The van der Waals surface area contributed by atoms with Gasteiger partial charge >= 0.3 is 0 Å². The number of rotatable bonds is 3. The molecule has 0 saturated carbocycles. The Morgan fingerprint density at radius 3 is 1.88 bits per heavy atom. The lowest BCUT2D eigenvalue weighted by atomic mass is 10.0. The van der Waals surface area contributed by atoms with Crippen LogP contribution < -0.4 is 0 Å². The molecule has 0 atom stereocenters. The Kier molecular flexibility index (Phi) is 5.65. The molecule has 0 amide bonds. The number of hydrogen-bond acceptors (Lipinski definition) is 2. The SMILES string of the molecule is c1cc(-c2cccc3c2oc2ccccc23)cc(-n2c3ccc(-n4c5ccccc5c5ccccc54)cc3c3c4sc5ccccc5c4ccc32)c1. The number of nitrogens with zero attached hydrogens (tertiary/aromatic N) is 2. The second-order valence-corrected chi connectivity index (χ2v) is 14.7. The topological polar surface area (TPSA) is 23.0 Å². The van der Waals surface area contributed by atoms with Gasteiger partial charge in [-0.25, -0.2) is 0 Å². The van der Waals surface area contributed by atoms with Gasteiger partial charge in [0.25, 0.3) is 0 Å². The summed E-state index contributed by atoms with van der Waals surface area (Å²) in [5.74, 6) is 0. The van der Waals surface area contributed by atoms with E-state index in [2.05, 4.69) is 173 Å². The molecule has 0 saturated heterocycles. The predicted molar refractivity (Wildman–Crippen MR) is 221 cm³/mol. The lowest BCUT2D eigenvalue weighted by molar-refractivity contribution is 0.670. The van der Waals surface area contributed by atoms with Crippen LogP contribution in [0.25, 0.3) is 108 Å². The van der Waals surface area contributed by atoms with Gasteiger partial charge in [-0.2, -0.15) is 0 Å². The van der Waals surface area contributed by atoms with E-state index in [-0.39, 0.29) is 0 Å². The molecule has 242 valence electrons. The molecule has 52 heavy (non-hydrogen) atoms. The fourth-order valence-corrected chi connectivity index (χ4v) is 9.94. The van der Waals surface area contributed by atoms with Crippen molar-refractivity contribution >= 4 is 97.1 Å². The van der Waals surface area contributed by atoms with Crippen molar-refractivity contribution in [2.24, 2.45) is 0 Å². The minimum atomic E-state index is 0.912. The van der Waals surface area contributed by atoms with Crippen molar-refractivity contribution in [3.05, 3.63) is 170 Å². The largest absolute Gasteiger partial charge is 0.455 e. The molecule has 4 heteroatoms. The summed E-state index contributed by atoms with van der Waals surface area (Å²) >= 11 is 1.89. The Morgan fingerprint density at radius 2 is 1.04 bits per heavy atom. The second kappa shape index (κ2) is 10.5. The zero-order chi connectivity index (χ0) is 33.9. The van der Waals surface area contributed by atoms with E-state index in [4.69, 9.17) is 4.42 Å². The average Bonchev–Trinajstić information content (AvgIpc) is 3.95. The number of fused-ring (bicyclic) bond motifs is 13. The Bertz CT molecular complexity index is 3370. The molecule has 0 aliphatic carbocycles. The fraction of sp³-hybridized carbons (Fsp3) is 0. The number of furan rings is 1. The molecule has 0 radical (unpaired) electrons. The summed E-state index contributed by atoms with van der Waals surface area (Å²) in [6, 6.07) is 61.7. The van der Waals surface area contributed by atoms with Crippen LogP contribution in [-0.4, -0.2) is 9.13 Å². The number of hydrogen-bond donors (Lipinski definition) is 0. The van der Waals surface area contributed by atoms with Crippen LogP contribution in [0, 0.1) is 0 Å². The number of thiophene rings is 1. The number of benzene rings is 8. The van der Waals surface area contributed by atoms with Crippen molar-refractivity contribution in [2.75, 3.05) is 0 Å². The summed E-state index contributed by atoms with van der Waals surface area (Å²) < 4.78 is 14.0. The van der Waals surface area contributed by atoms with Crippen molar-refractivity contribution < 1.29 is 4.42 Å². The van der Waals surface area contributed by atoms with Gasteiger partial charge in [0.05, 0.1) is 22.1 Å². The van der Waals surface area contributed by atoms with Gasteiger partial charge in [0.1, 0.15) is 11.2 Å². The molecule has 0 N–H and O–H groups in total. The van der Waals surface area contributed by atoms with E-state index >= 15 is 0 Å². The maximum absolute atomic E-state index is 6.49. The van der Waals surface area contributed by atoms with Crippen LogP contribution in [0.1, 0.15) is 0 Å². The molecule has 12 aromatic rings. The van der Waals surface area contributed by atoms with Gasteiger partial charge < -0.3 is 13.6 Å². The van der Waals surface area contributed by atoms with Crippen molar-refractivity contribution in [2.45, 2.75) is 0 Å². The molecule has 12 rings (SSSR count). The Hall–Kier alpha value is -6.62. The maximum Gasteiger partial charge on any atom is 0.143 e. The first-order valence-electron chi connectivity index (χ1n) is 17.7. The first kappa shape index (κ1) is 28.1. The standard InChI is InChI=1S/C48H28N2OS/c1-5-19-40-33(13-1)34-14-2-6-20-41(34)49(40)31-23-25-42-39(28-31)46-43(26-24-38-36-16-4-8-22-45(36)52-48(38)46)50(42)30-12-9-11-29(27-30)32-17-10-18-37-35-15-3-7-21-44(35)51-47(32)37/h1-28H. The summed E-state index contributed by atoms with van der Waals surface area (Å²) in [6.45, 7) is 0. The molecule has 4 aromatic heterocycles. The molecule has 0 aliphatic rings. The van der Waals surface area contributed by atoms with Gasteiger partial charge in [0, 0.05) is 69.4 Å². The summed E-state index contributed by atoms with van der Waals surface area (Å²) in [5, 5.41) is 9.97. The van der Waals surface area contributed by atoms with E-state index in [1.807, 2.05) is 17.4 Å². The molecule has 8 aromatic carbocycles. The summed E-state index contributed by atoms with van der Waals surface area (Å²) in [7, 11) is 0. The molecule has 4 heterocycles. The molecule has 0 fully saturated rings. The van der Waals surface area contributed by atoms with Gasteiger partial charge in [-0.3, -0.25) is 0 Å². The third-order valence-electron chi connectivity index (χ3n) is 10.9. The third-order valence-corrected chi connectivity index (χ3v) is 12.1. The highest BCUT2D eigenvalue weighted by atomic mass is 32.1. The molecule has 0 bridgehead atoms. The van der Waals surface area contributed by atoms with E-state index < -0.39 is 0 Å². The molecule has 3 nitrogen and oxygen atoms in total. The zero-order valence-corrected chi connectivity index (χ0v) is 28.7. The lowest BCUT2D eigenvalue weighted by Crippen LogP contribution is -1.96. The van der Waals surface area contributed by atoms with Crippen LogP contribution in [0.3, 0.4) is 0 Å². The van der Waals surface area contributed by atoms with Crippen LogP contribution in [0.4, 0.5) is 0 Å². The van der Waals surface area contributed by atoms with E-state index in [1.54, 1.807) is 0 Å². The highest BCUT2D eigenvalue weighted by Crippen LogP contribution is 2.45. The smallest absolute Gasteiger partial charge is 0.143 e. The van der Waals surface area contributed by atoms with Crippen molar-refractivity contribution in [3.63, 3.8) is 0 Å². The van der Waals surface area contributed by atoms with Crippen LogP contribution in [0.5, 0.6) is 0 Å². The van der Waals surface area contributed by atoms with Crippen molar-refractivity contribution in [3.8, 4) is 22.5 Å². The summed E-state index contributed by atoms with van der Waals surface area (Å²) in [6.07, 6.45) is 0. The van der Waals surface area contributed by atoms with Crippen LogP contribution in [0.2, 0.25) is 0 Å². The molecular weight excluding hydrogens is 653 g/mol. The number of aromatic nitrogens is 2. The van der Waals surface area contributed by atoms with Gasteiger partial charge in [-0.05, 0) is 66.2 Å². The maximum atomic E-state index is 6.49. The molecular formula is C48H28N2OS. The number of para-hydroxylation sites is 4. The van der Waals surface area contributed by atoms with Crippen LogP contribution in [0.15, 0.2) is 174 Å². The summed E-state index contributed by atoms with van der Waals surface area (Å²) in [4.78, 5) is 0. The fourth-order valence-electron chi connectivity index (χ4n) is 8.68. The second-order valence-electron chi connectivity index (χ2n) is 13.7. The monoisotopic (exact) mass is 680 g/mol. The Morgan fingerprint density at radius 1 is 0.404 bits per heavy atom. The third kappa shape index (κ3) is 3.79. The molecule has 0 aliphatic heterocycles. The Balaban J connectivity index is 1.16. The predicted octanol–water partition coefficient (Wildman–Crippen LogP) is 13.8. The minimum absolute atomic E-state index is 0.912. The Labute approximate surface area is 301 Å².